The predicted octanol–water partition coefficient (Wildman–Crippen LogP) is 6.36. The predicted molar refractivity (Wildman–Crippen MR) is 152 cm³/mol. The molecule has 0 fully saturated rings. The first-order valence-corrected chi connectivity index (χ1v) is 13.4. The van der Waals surface area contributed by atoms with Crippen LogP contribution in [-0.4, -0.2) is 39.6 Å². The molecule has 2 heterocycles. The Bertz CT molecular complexity index is 1440. The van der Waals surface area contributed by atoms with Gasteiger partial charge in [0.2, 0.25) is 0 Å². The Kier molecular flexibility index (Phi) is 8.77. The second-order valence-electron chi connectivity index (χ2n) is 10.1. The van der Waals surface area contributed by atoms with Crippen LogP contribution >= 0.6 is 0 Å². The minimum absolute atomic E-state index is 0.00291. The van der Waals surface area contributed by atoms with E-state index in [0.717, 1.165) is 29.8 Å². The summed E-state index contributed by atoms with van der Waals surface area (Å²) >= 11 is 0. The third-order valence-corrected chi connectivity index (χ3v) is 6.72. The highest BCUT2D eigenvalue weighted by atomic mass is 16.5. The monoisotopic (exact) mass is 522 g/mol. The van der Waals surface area contributed by atoms with E-state index in [1.165, 1.54) is 4.90 Å². The van der Waals surface area contributed by atoms with E-state index in [1.807, 2.05) is 73.8 Å². The molecule has 3 aromatic rings. The number of benzene rings is 2. The lowest BCUT2D eigenvalue weighted by Crippen LogP contribution is -2.43. The lowest BCUT2D eigenvalue weighted by Gasteiger charge is -2.27. The van der Waals surface area contributed by atoms with Crippen LogP contribution in [0.2, 0.25) is 0 Å². The lowest BCUT2D eigenvalue weighted by molar-refractivity contribution is -0.140. The summed E-state index contributed by atoms with van der Waals surface area (Å²) in [5, 5.41) is 14.6. The summed E-state index contributed by atoms with van der Waals surface area (Å²) in [5.41, 5.74) is 3.82. The third kappa shape index (κ3) is 6.18. The molecule has 39 heavy (non-hydrogen) atoms. The van der Waals surface area contributed by atoms with Crippen molar-refractivity contribution < 1.29 is 14.3 Å². The van der Waals surface area contributed by atoms with Crippen LogP contribution in [-0.2, 0) is 9.59 Å². The molecule has 1 aromatic heterocycles. The molecule has 200 valence electrons. The van der Waals surface area contributed by atoms with E-state index in [1.54, 1.807) is 17.7 Å². The number of nitrogens with zero attached hydrogens (tertiary/aromatic N) is 4. The van der Waals surface area contributed by atoms with Crippen molar-refractivity contribution in [1.29, 1.82) is 5.26 Å². The molecule has 0 atom stereocenters. The normalized spacial score (nSPS) is 14.9. The Hall–Kier alpha value is -4.44. The fourth-order valence-corrected chi connectivity index (χ4v) is 4.36. The molecule has 0 saturated carbocycles. The van der Waals surface area contributed by atoms with Crippen molar-refractivity contribution in [3.05, 3.63) is 83.1 Å². The molecule has 7 heteroatoms. The number of carbonyl (C=O) groups excluding carboxylic acids is 2. The van der Waals surface area contributed by atoms with Gasteiger partial charge in [-0.15, -0.1) is 0 Å². The maximum Gasteiger partial charge on any atom is 0.271 e. The molecule has 2 amide bonds. The number of nitriles is 1. The third-order valence-electron chi connectivity index (χ3n) is 6.72. The highest BCUT2D eigenvalue weighted by Gasteiger charge is 2.35. The average Bonchev–Trinajstić information content (AvgIpc) is 3.36. The zero-order chi connectivity index (χ0) is 27.9. The number of para-hydroxylation sites is 1. The Morgan fingerprint density at radius 1 is 1.05 bits per heavy atom. The molecule has 0 unspecified atom stereocenters. The van der Waals surface area contributed by atoms with Crippen molar-refractivity contribution >= 4 is 17.9 Å². The average molecular weight is 523 g/mol. The minimum atomic E-state index is -0.529. The van der Waals surface area contributed by atoms with Gasteiger partial charge in [-0.1, -0.05) is 45.4 Å². The highest BCUT2D eigenvalue weighted by molar-refractivity contribution is 6.19. The van der Waals surface area contributed by atoms with Gasteiger partial charge in [0.15, 0.2) is 0 Å². The summed E-state index contributed by atoms with van der Waals surface area (Å²) in [6.07, 6.45) is 6.08. The summed E-state index contributed by atoms with van der Waals surface area (Å²) in [4.78, 5) is 27.5. The van der Waals surface area contributed by atoms with Gasteiger partial charge in [-0.05, 0) is 73.7 Å². The molecule has 0 saturated heterocycles. The van der Waals surface area contributed by atoms with Gasteiger partial charge in [0, 0.05) is 29.4 Å². The van der Waals surface area contributed by atoms with E-state index in [-0.39, 0.29) is 12.1 Å². The molecule has 1 aliphatic heterocycles. The van der Waals surface area contributed by atoms with Crippen molar-refractivity contribution in [1.82, 2.24) is 14.7 Å². The van der Waals surface area contributed by atoms with Crippen LogP contribution in [0.4, 0.5) is 0 Å². The van der Waals surface area contributed by atoms with E-state index >= 15 is 0 Å². The molecule has 1 aliphatic rings. The molecule has 2 aromatic carbocycles. The molecule has 4 rings (SSSR count). The van der Waals surface area contributed by atoms with Gasteiger partial charge in [0.05, 0.1) is 18.0 Å². The van der Waals surface area contributed by atoms with Crippen LogP contribution in [0, 0.1) is 17.2 Å². The molecular formula is C32H34N4O3. The molecule has 0 radical (unpaired) electrons. The maximum absolute atomic E-state index is 13.5. The SMILES string of the molecule is CCCCN1C(=O)C(C#N)=C(C)/C(=C\c2cn(-c3ccccc3)nc2-c2ccc(OCCC(C)C)cc2)C1=O. The van der Waals surface area contributed by atoms with Crippen LogP contribution in [0.3, 0.4) is 0 Å². The number of rotatable bonds is 10. The number of carbonyl (C=O) groups is 2. The molecule has 0 N–H and O–H groups in total. The van der Waals surface area contributed by atoms with Gasteiger partial charge in [-0.3, -0.25) is 14.5 Å². The highest BCUT2D eigenvalue weighted by Crippen LogP contribution is 2.32. The quantitative estimate of drug-likeness (QED) is 0.228. The van der Waals surface area contributed by atoms with Crippen molar-refractivity contribution in [3.63, 3.8) is 0 Å². The molecule has 0 bridgehead atoms. The second kappa shape index (κ2) is 12.4. The van der Waals surface area contributed by atoms with Gasteiger partial charge in [0.1, 0.15) is 17.4 Å². The topological polar surface area (TPSA) is 88.2 Å². The van der Waals surface area contributed by atoms with Crippen LogP contribution in [0.1, 0.15) is 52.5 Å². The lowest BCUT2D eigenvalue weighted by atomic mass is 9.93. The van der Waals surface area contributed by atoms with Crippen molar-refractivity contribution in [3.8, 4) is 28.8 Å². The zero-order valence-corrected chi connectivity index (χ0v) is 23.0. The Balaban J connectivity index is 1.78. The summed E-state index contributed by atoms with van der Waals surface area (Å²) < 4.78 is 7.65. The Morgan fingerprint density at radius 3 is 2.41 bits per heavy atom. The first-order valence-electron chi connectivity index (χ1n) is 13.4. The Labute approximate surface area is 230 Å². The van der Waals surface area contributed by atoms with Gasteiger partial charge < -0.3 is 4.74 Å². The number of ether oxygens (including phenoxy) is 1. The van der Waals surface area contributed by atoms with Crippen LogP contribution < -0.4 is 4.74 Å². The van der Waals surface area contributed by atoms with Gasteiger partial charge in [-0.25, -0.2) is 4.68 Å². The number of imide groups is 1. The summed E-state index contributed by atoms with van der Waals surface area (Å²) in [5.74, 6) is 0.430. The maximum atomic E-state index is 13.5. The first kappa shape index (κ1) is 27.6. The number of amides is 2. The minimum Gasteiger partial charge on any atom is -0.494 e. The number of unbranched alkanes of at least 4 members (excludes halogenated alkanes) is 1. The first-order chi connectivity index (χ1) is 18.8. The van der Waals surface area contributed by atoms with Gasteiger partial charge >= 0.3 is 0 Å². The summed E-state index contributed by atoms with van der Waals surface area (Å²) in [6, 6.07) is 19.5. The number of hydrogen-bond donors (Lipinski definition) is 0. The van der Waals surface area contributed by atoms with Crippen LogP contribution in [0.5, 0.6) is 5.75 Å². The van der Waals surface area contributed by atoms with E-state index in [4.69, 9.17) is 9.84 Å². The Morgan fingerprint density at radius 2 is 1.77 bits per heavy atom. The molecule has 0 spiro atoms. The van der Waals surface area contributed by atoms with Crippen molar-refractivity contribution in [2.75, 3.05) is 13.2 Å². The molecular weight excluding hydrogens is 488 g/mol. The van der Waals surface area contributed by atoms with E-state index < -0.39 is 11.8 Å². The van der Waals surface area contributed by atoms with E-state index in [2.05, 4.69) is 13.8 Å². The van der Waals surface area contributed by atoms with Crippen LogP contribution in [0.25, 0.3) is 23.0 Å². The largest absolute Gasteiger partial charge is 0.494 e. The van der Waals surface area contributed by atoms with Gasteiger partial charge in [0.25, 0.3) is 11.8 Å². The molecule has 7 nitrogen and oxygen atoms in total. The summed E-state index contributed by atoms with van der Waals surface area (Å²) in [7, 11) is 0. The standard InChI is InChI=1S/C32H34N4O3/c1-5-6-17-35-31(37)28(23(4)29(20-33)32(35)38)19-25-21-36(26-10-8-7-9-11-26)34-30(25)24-12-14-27(15-13-24)39-18-16-22(2)3/h7-15,19,21-22H,5-6,16-18H2,1-4H3/b28-19+. The second-order valence-corrected chi connectivity index (χ2v) is 10.1. The van der Waals surface area contributed by atoms with Crippen molar-refractivity contribution in [2.24, 2.45) is 5.92 Å². The van der Waals surface area contributed by atoms with Crippen molar-refractivity contribution in [2.45, 2.75) is 47.0 Å². The molecule has 0 aliphatic carbocycles. The van der Waals surface area contributed by atoms with Crippen LogP contribution in [0.15, 0.2) is 77.5 Å². The van der Waals surface area contributed by atoms with E-state index in [0.29, 0.717) is 41.3 Å². The number of hydrogen-bond acceptors (Lipinski definition) is 5. The van der Waals surface area contributed by atoms with E-state index in [9.17, 15) is 14.9 Å². The fourth-order valence-electron chi connectivity index (χ4n) is 4.36. The number of aromatic nitrogens is 2. The zero-order valence-electron chi connectivity index (χ0n) is 23.0. The summed E-state index contributed by atoms with van der Waals surface area (Å²) in [6.45, 7) is 8.91. The smallest absolute Gasteiger partial charge is 0.271 e. The fraction of sp³-hybridized carbons (Fsp3) is 0.312. The van der Waals surface area contributed by atoms with Gasteiger partial charge in [-0.2, -0.15) is 10.4 Å².